The Hall–Kier alpha value is -3.26. The fourth-order valence-electron chi connectivity index (χ4n) is 4.38. The second kappa shape index (κ2) is 7.21. The number of nitrogens with one attached hydrogen (secondary N) is 1. The average molecular weight is 407 g/mol. The number of rotatable bonds is 4. The number of benzene rings is 2. The van der Waals surface area contributed by atoms with Gasteiger partial charge >= 0.3 is 0 Å². The molecule has 3 heterocycles. The third-order valence-electron chi connectivity index (χ3n) is 6.07. The first-order chi connectivity index (χ1) is 14.5. The van der Waals surface area contributed by atoms with Gasteiger partial charge in [-0.2, -0.15) is 5.10 Å². The van der Waals surface area contributed by atoms with E-state index in [0.717, 1.165) is 37.4 Å². The first kappa shape index (κ1) is 18.7. The lowest BCUT2D eigenvalue weighted by atomic mass is 10.1. The SMILES string of the molecule is CC(CN1C(=O)c2ccccc2C1=O)N1CCN(c2n[nH]c3cc(F)ccc23)CC1. The van der Waals surface area contributed by atoms with Gasteiger partial charge in [0.2, 0.25) is 0 Å². The number of imide groups is 1. The summed E-state index contributed by atoms with van der Waals surface area (Å²) in [7, 11) is 0. The van der Waals surface area contributed by atoms with E-state index in [1.165, 1.54) is 17.0 Å². The van der Waals surface area contributed by atoms with Crippen molar-refractivity contribution in [3.63, 3.8) is 0 Å². The Balaban J connectivity index is 1.24. The molecule has 1 fully saturated rings. The molecule has 0 bridgehead atoms. The molecule has 1 N–H and O–H groups in total. The fourth-order valence-corrected chi connectivity index (χ4v) is 4.38. The van der Waals surface area contributed by atoms with Crippen LogP contribution in [0.2, 0.25) is 0 Å². The smallest absolute Gasteiger partial charge is 0.261 e. The first-order valence-corrected chi connectivity index (χ1v) is 10.1. The second-order valence-electron chi connectivity index (χ2n) is 7.88. The van der Waals surface area contributed by atoms with Gasteiger partial charge in [-0.15, -0.1) is 0 Å². The second-order valence-corrected chi connectivity index (χ2v) is 7.88. The van der Waals surface area contributed by atoms with E-state index >= 15 is 0 Å². The van der Waals surface area contributed by atoms with E-state index < -0.39 is 0 Å². The van der Waals surface area contributed by atoms with Crippen molar-refractivity contribution in [2.75, 3.05) is 37.6 Å². The highest BCUT2D eigenvalue weighted by atomic mass is 19.1. The monoisotopic (exact) mass is 407 g/mol. The van der Waals surface area contributed by atoms with E-state index in [-0.39, 0.29) is 23.7 Å². The number of H-pyrrole nitrogens is 1. The van der Waals surface area contributed by atoms with Gasteiger partial charge in [0.1, 0.15) is 5.82 Å². The standard InChI is InChI=1S/C22H22FN5O2/c1-14(13-28-21(29)16-4-2-3-5-17(16)22(28)30)26-8-10-27(11-9-26)20-18-7-6-15(23)12-19(18)24-25-20/h2-7,12,14H,8-11,13H2,1H3,(H,24,25). The van der Waals surface area contributed by atoms with Gasteiger partial charge in [-0.3, -0.25) is 24.5 Å². The number of anilines is 1. The Labute approximate surface area is 173 Å². The zero-order valence-corrected chi connectivity index (χ0v) is 16.6. The molecule has 154 valence electrons. The van der Waals surface area contributed by atoms with Crippen LogP contribution >= 0.6 is 0 Å². The summed E-state index contributed by atoms with van der Waals surface area (Å²) >= 11 is 0. The van der Waals surface area contributed by atoms with Crippen LogP contribution in [0.4, 0.5) is 10.2 Å². The minimum atomic E-state index is -0.287. The van der Waals surface area contributed by atoms with Crippen LogP contribution < -0.4 is 4.90 Å². The zero-order chi connectivity index (χ0) is 20.8. The van der Waals surface area contributed by atoms with Crippen molar-refractivity contribution in [3.8, 4) is 0 Å². The highest BCUT2D eigenvalue weighted by Gasteiger charge is 2.37. The number of nitrogens with zero attached hydrogens (tertiary/aromatic N) is 4. The molecule has 2 aliphatic heterocycles. The Morgan fingerprint density at radius 1 is 1.03 bits per heavy atom. The van der Waals surface area contributed by atoms with E-state index in [1.54, 1.807) is 30.3 Å². The molecule has 7 nitrogen and oxygen atoms in total. The molecule has 0 radical (unpaired) electrons. The number of fused-ring (bicyclic) bond motifs is 2. The predicted molar refractivity (Wildman–Crippen MR) is 111 cm³/mol. The molecule has 0 spiro atoms. The van der Waals surface area contributed by atoms with Crippen molar-refractivity contribution in [1.82, 2.24) is 20.0 Å². The van der Waals surface area contributed by atoms with Gasteiger partial charge in [-0.1, -0.05) is 12.1 Å². The summed E-state index contributed by atoms with van der Waals surface area (Å²) in [5.41, 5.74) is 1.66. The topological polar surface area (TPSA) is 72.5 Å². The molecule has 1 unspecified atom stereocenters. The van der Waals surface area contributed by atoms with Crippen LogP contribution in [-0.4, -0.2) is 70.6 Å². The Bertz CT molecular complexity index is 1100. The van der Waals surface area contributed by atoms with Gasteiger partial charge in [0.15, 0.2) is 5.82 Å². The maximum absolute atomic E-state index is 13.4. The van der Waals surface area contributed by atoms with Crippen molar-refractivity contribution in [2.24, 2.45) is 0 Å². The van der Waals surface area contributed by atoms with Gasteiger partial charge < -0.3 is 4.90 Å². The molecule has 1 aromatic heterocycles. The number of hydrogen-bond acceptors (Lipinski definition) is 5. The van der Waals surface area contributed by atoms with Crippen LogP contribution in [0.3, 0.4) is 0 Å². The maximum Gasteiger partial charge on any atom is 0.261 e. The summed E-state index contributed by atoms with van der Waals surface area (Å²) in [6, 6.07) is 11.7. The highest BCUT2D eigenvalue weighted by molar-refractivity contribution is 6.21. The average Bonchev–Trinajstić information content (AvgIpc) is 3.28. The molecule has 0 aliphatic carbocycles. The molecule has 0 saturated carbocycles. The summed E-state index contributed by atoms with van der Waals surface area (Å²) in [4.78, 5) is 31.1. The number of aromatic amines is 1. The van der Waals surface area contributed by atoms with Crippen LogP contribution in [0.15, 0.2) is 42.5 Å². The van der Waals surface area contributed by atoms with Crippen molar-refractivity contribution < 1.29 is 14.0 Å². The van der Waals surface area contributed by atoms with E-state index in [9.17, 15) is 14.0 Å². The number of piperazine rings is 1. The summed E-state index contributed by atoms with van der Waals surface area (Å²) in [6.07, 6.45) is 0. The zero-order valence-electron chi connectivity index (χ0n) is 16.6. The summed E-state index contributed by atoms with van der Waals surface area (Å²) < 4.78 is 13.4. The lowest BCUT2D eigenvalue weighted by Gasteiger charge is -2.39. The molecule has 1 saturated heterocycles. The lowest BCUT2D eigenvalue weighted by molar-refractivity contribution is 0.0593. The minimum absolute atomic E-state index is 0.0550. The molecule has 2 aromatic carbocycles. The number of hydrogen-bond donors (Lipinski definition) is 1. The Kier molecular flexibility index (Phi) is 4.51. The summed E-state index contributed by atoms with van der Waals surface area (Å²) in [5.74, 6) is 0.120. The largest absolute Gasteiger partial charge is 0.352 e. The fraction of sp³-hybridized carbons (Fsp3) is 0.318. The van der Waals surface area contributed by atoms with E-state index in [1.807, 2.05) is 6.92 Å². The Morgan fingerprint density at radius 2 is 1.70 bits per heavy atom. The van der Waals surface area contributed by atoms with Gasteiger partial charge in [0, 0.05) is 44.2 Å². The number of amides is 2. The van der Waals surface area contributed by atoms with Gasteiger partial charge in [-0.05, 0) is 37.3 Å². The van der Waals surface area contributed by atoms with Crippen LogP contribution in [-0.2, 0) is 0 Å². The summed E-state index contributed by atoms with van der Waals surface area (Å²) in [6.45, 7) is 5.54. The Morgan fingerprint density at radius 3 is 2.37 bits per heavy atom. The maximum atomic E-state index is 13.4. The number of carbonyl (C=O) groups is 2. The molecule has 2 amide bonds. The molecule has 5 rings (SSSR count). The van der Waals surface area contributed by atoms with E-state index in [4.69, 9.17) is 0 Å². The minimum Gasteiger partial charge on any atom is -0.352 e. The van der Waals surface area contributed by atoms with Gasteiger partial charge in [0.25, 0.3) is 11.8 Å². The first-order valence-electron chi connectivity index (χ1n) is 10.1. The predicted octanol–water partition coefficient (Wildman–Crippen LogP) is 2.51. The molecule has 1 atom stereocenters. The van der Waals surface area contributed by atoms with Crippen LogP contribution in [0.25, 0.3) is 10.9 Å². The highest BCUT2D eigenvalue weighted by Crippen LogP contribution is 2.27. The van der Waals surface area contributed by atoms with Crippen LogP contribution in [0, 0.1) is 5.82 Å². The molecular formula is C22H22FN5O2. The van der Waals surface area contributed by atoms with Gasteiger partial charge in [-0.25, -0.2) is 4.39 Å². The van der Waals surface area contributed by atoms with Crippen LogP contribution in [0.1, 0.15) is 27.6 Å². The molecule has 3 aromatic rings. The molecular weight excluding hydrogens is 385 g/mol. The van der Waals surface area contributed by atoms with Crippen molar-refractivity contribution in [3.05, 3.63) is 59.4 Å². The van der Waals surface area contributed by atoms with Gasteiger partial charge in [0.05, 0.1) is 16.6 Å². The number of aromatic nitrogens is 2. The third-order valence-corrected chi connectivity index (χ3v) is 6.07. The van der Waals surface area contributed by atoms with Crippen molar-refractivity contribution in [1.29, 1.82) is 0 Å². The van der Waals surface area contributed by atoms with Crippen molar-refractivity contribution >= 4 is 28.5 Å². The molecule has 2 aliphatic rings. The summed E-state index contributed by atoms with van der Waals surface area (Å²) in [5, 5.41) is 8.18. The van der Waals surface area contributed by atoms with Crippen LogP contribution in [0.5, 0.6) is 0 Å². The van der Waals surface area contributed by atoms with E-state index in [2.05, 4.69) is 20.0 Å². The quantitative estimate of drug-likeness (QED) is 0.673. The molecule has 8 heteroatoms. The van der Waals surface area contributed by atoms with Crippen molar-refractivity contribution in [2.45, 2.75) is 13.0 Å². The normalized spacial score (nSPS) is 18.3. The third kappa shape index (κ3) is 3.04. The number of carbonyl (C=O) groups excluding carboxylic acids is 2. The molecule has 30 heavy (non-hydrogen) atoms. The lowest BCUT2D eigenvalue weighted by Crippen LogP contribution is -2.53. The number of halogens is 1. The van der Waals surface area contributed by atoms with E-state index in [0.29, 0.717) is 23.2 Å².